The van der Waals surface area contributed by atoms with Crippen molar-refractivity contribution < 1.29 is 9.53 Å². The Balaban J connectivity index is 1.52. The van der Waals surface area contributed by atoms with E-state index < -0.39 is 0 Å². The quantitative estimate of drug-likeness (QED) is 0.728. The molecule has 0 saturated carbocycles. The first-order chi connectivity index (χ1) is 11.5. The Kier molecular flexibility index (Phi) is 5.97. The van der Waals surface area contributed by atoms with Gasteiger partial charge in [-0.3, -0.25) is 4.79 Å². The number of hydrogen-bond donors (Lipinski definition) is 1. The van der Waals surface area contributed by atoms with Crippen molar-refractivity contribution in [2.45, 2.75) is 18.9 Å². The summed E-state index contributed by atoms with van der Waals surface area (Å²) in [5.74, 6) is 0.113. The molecule has 1 aromatic carbocycles. The summed E-state index contributed by atoms with van der Waals surface area (Å²) in [7, 11) is 0. The van der Waals surface area contributed by atoms with Gasteiger partial charge in [0.15, 0.2) is 5.11 Å². The highest BCUT2D eigenvalue weighted by Gasteiger charge is 2.30. The molecule has 0 bridgehead atoms. The molecule has 3 rings (SSSR count). The van der Waals surface area contributed by atoms with Crippen molar-refractivity contribution in [2.24, 2.45) is 0 Å². The summed E-state index contributed by atoms with van der Waals surface area (Å²) in [6.07, 6.45) is 1.56. The molecule has 0 unspecified atom stereocenters. The van der Waals surface area contributed by atoms with Gasteiger partial charge in [-0.2, -0.15) is 0 Å². The minimum Gasteiger partial charge on any atom is -0.368 e. The summed E-state index contributed by atoms with van der Waals surface area (Å²) in [5, 5.41) is 4.42. The molecular weight excluding hydrogens is 414 g/mol. The molecule has 5 nitrogen and oxygen atoms in total. The van der Waals surface area contributed by atoms with Crippen molar-refractivity contribution in [1.29, 1.82) is 0 Å². The normalized spacial score (nSPS) is 21.0. The van der Waals surface area contributed by atoms with E-state index in [0.29, 0.717) is 42.9 Å². The van der Waals surface area contributed by atoms with Crippen LogP contribution in [0.3, 0.4) is 0 Å². The van der Waals surface area contributed by atoms with Gasteiger partial charge in [0.05, 0.1) is 10.7 Å². The molecule has 2 aliphatic heterocycles. The largest absolute Gasteiger partial charge is 0.368 e. The lowest BCUT2D eigenvalue weighted by atomic mass is 10.2. The molecule has 2 aliphatic rings. The van der Waals surface area contributed by atoms with Crippen molar-refractivity contribution >= 4 is 56.5 Å². The lowest BCUT2D eigenvalue weighted by Gasteiger charge is -2.37. The van der Waals surface area contributed by atoms with Crippen molar-refractivity contribution in [2.75, 3.05) is 38.1 Å². The van der Waals surface area contributed by atoms with E-state index in [4.69, 9.17) is 28.6 Å². The molecule has 1 aromatic rings. The summed E-state index contributed by atoms with van der Waals surface area (Å²) in [6, 6.07) is 5.62. The lowest BCUT2D eigenvalue weighted by molar-refractivity contribution is -0.142. The molecule has 2 saturated heterocycles. The van der Waals surface area contributed by atoms with Crippen LogP contribution >= 0.6 is 39.7 Å². The van der Waals surface area contributed by atoms with Crippen LogP contribution in [-0.4, -0.2) is 59.7 Å². The number of thiocarbonyl (C=S) groups is 1. The molecule has 0 aliphatic carbocycles. The molecule has 24 heavy (non-hydrogen) atoms. The van der Waals surface area contributed by atoms with Gasteiger partial charge in [-0.05, 0) is 43.3 Å². The van der Waals surface area contributed by atoms with E-state index in [2.05, 4.69) is 26.1 Å². The van der Waals surface area contributed by atoms with Crippen molar-refractivity contribution in [3.63, 3.8) is 0 Å². The number of amides is 1. The van der Waals surface area contributed by atoms with Crippen LogP contribution in [0.2, 0.25) is 5.02 Å². The number of carbonyl (C=O) groups is 1. The zero-order valence-electron chi connectivity index (χ0n) is 13.1. The number of ether oxygens (including phenoxy) is 1. The first kappa shape index (κ1) is 17.9. The third-order valence-electron chi connectivity index (χ3n) is 4.26. The summed E-state index contributed by atoms with van der Waals surface area (Å²) in [6.45, 7) is 3.43. The first-order valence-electron chi connectivity index (χ1n) is 7.96. The van der Waals surface area contributed by atoms with Crippen LogP contribution in [0.1, 0.15) is 12.8 Å². The van der Waals surface area contributed by atoms with Crippen molar-refractivity contribution in [3.8, 4) is 0 Å². The molecular formula is C16H19BrClN3O2S. The topological polar surface area (TPSA) is 44.8 Å². The summed E-state index contributed by atoms with van der Waals surface area (Å²) >= 11 is 15.1. The third-order valence-corrected chi connectivity index (χ3v) is 5.42. The van der Waals surface area contributed by atoms with Gasteiger partial charge in [-0.25, -0.2) is 0 Å². The van der Waals surface area contributed by atoms with Crippen molar-refractivity contribution in [3.05, 3.63) is 27.7 Å². The average Bonchev–Trinajstić information content (AvgIpc) is 3.11. The van der Waals surface area contributed by atoms with Gasteiger partial charge in [0.25, 0.3) is 5.91 Å². The molecule has 1 atom stereocenters. The molecule has 1 amide bonds. The van der Waals surface area contributed by atoms with Crippen molar-refractivity contribution in [1.82, 2.24) is 9.80 Å². The molecule has 130 valence electrons. The molecule has 1 N–H and O–H groups in total. The second-order valence-corrected chi connectivity index (χ2v) is 7.58. The molecule has 2 fully saturated rings. The van der Waals surface area contributed by atoms with Gasteiger partial charge in [-0.1, -0.05) is 27.5 Å². The standard InChI is InChI=1S/C16H19BrClN3O2S/c17-11-3-4-13(12(18)10-11)19-16(24)21-7-5-20(6-8-21)15(22)14-2-1-9-23-14/h3-4,10,14H,1-2,5-9H2,(H,19,24)/t14-/m0/s1. The summed E-state index contributed by atoms with van der Waals surface area (Å²) in [4.78, 5) is 16.3. The molecule has 0 aromatic heterocycles. The second kappa shape index (κ2) is 7.99. The fourth-order valence-electron chi connectivity index (χ4n) is 2.89. The highest BCUT2D eigenvalue weighted by atomic mass is 79.9. The van der Waals surface area contributed by atoms with Crippen LogP contribution < -0.4 is 5.32 Å². The van der Waals surface area contributed by atoms with E-state index in [1.165, 1.54) is 0 Å². The number of anilines is 1. The van der Waals surface area contributed by atoms with Crippen LogP contribution in [0.5, 0.6) is 0 Å². The van der Waals surface area contributed by atoms with Gasteiger partial charge >= 0.3 is 0 Å². The maximum atomic E-state index is 12.4. The molecule has 8 heteroatoms. The number of benzene rings is 1. The van der Waals surface area contributed by atoms with Crippen LogP contribution in [0, 0.1) is 0 Å². The maximum Gasteiger partial charge on any atom is 0.251 e. The van der Waals surface area contributed by atoms with Crippen LogP contribution in [0.15, 0.2) is 22.7 Å². The van der Waals surface area contributed by atoms with Gasteiger partial charge in [-0.15, -0.1) is 0 Å². The number of nitrogens with one attached hydrogen (secondary N) is 1. The predicted octanol–water partition coefficient (Wildman–Crippen LogP) is 3.12. The number of piperazine rings is 1. The zero-order valence-corrected chi connectivity index (χ0v) is 16.3. The van der Waals surface area contributed by atoms with E-state index in [0.717, 1.165) is 23.0 Å². The Hall–Kier alpha value is -0.890. The lowest BCUT2D eigenvalue weighted by Crippen LogP contribution is -2.53. The Morgan fingerprint density at radius 3 is 2.62 bits per heavy atom. The summed E-state index contributed by atoms with van der Waals surface area (Å²) in [5.41, 5.74) is 0.780. The SMILES string of the molecule is O=C([C@@H]1CCCO1)N1CCN(C(=S)Nc2ccc(Br)cc2Cl)CC1. The van der Waals surface area contributed by atoms with Gasteiger partial charge < -0.3 is 19.9 Å². The third kappa shape index (κ3) is 4.20. The number of rotatable bonds is 2. The first-order valence-corrected chi connectivity index (χ1v) is 9.54. The Morgan fingerprint density at radius 2 is 2.00 bits per heavy atom. The van der Waals surface area contributed by atoms with Gasteiger partial charge in [0, 0.05) is 37.3 Å². The number of halogens is 2. The Labute approximate surface area is 160 Å². The highest BCUT2D eigenvalue weighted by Crippen LogP contribution is 2.26. The fraction of sp³-hybridized carbons (Fsp3) is 0.500. The average molecular weight is 433 g/mol. The highest BCUT2D eigenvalue weighted by molar-refractivity contribution is 9.10. The smallest absolute Gasteiger partial charge is 0.251 e. The van der Waals surface area contributed by atoms with Gasteiger partial charge in [0.1, 0.15) is 6.10 Å². The van der Waals surface area contributed by atoms with E-state index in [-0.39, 0.29) is 12.0 Å². The van der Waals surface area contributed by atoms with Crippen LogP contribution in [0.25, 0.3) is 0 Å². The Bertz CT molecular complexity index is 632. The fourth-order valence-corrected chi connectivity index (χ4v) is 3.90. The second-order valence-electron chi connectivity index (χ2n) is 5.87. The predicted molar refractivity (Wildman–Crippen MR) is 102 cm³/mol. The number of hydrogen-bond acceptors (Lipinski definition) is 3. The van der Waals surface area contributed by atoms with Gasteiger partial charge in [0.2, 0.25) is 0 Å². The molecule has 0 radical (unpaired) electrons. The van der Waals surface area contributed by atoms with E-state index >= 15 is 0 Å². The van der Waals surface area contributed by atoms with Crippen LogP contribution in [-0.2, 0) is 9.53 Å². The summed E-state index contributed by atoms with van der Waals surface area (Å²) < 4.78 is 6.40. The number of nitrogens with zero attached hydrogens (tertiary/aromatic N) is 2. The zero-order chi connectivity index (χ0) is 17.1. The maximum absolute atomic E-state index is 12.4. The minimum absolute atomic E-state index is 0.113. The number of carbonyl (C=O) groups excluding carboxylic acids is 1. The molecule has 0 spiro atoms. The minimum atomic E-state index is -0.247. The van der Waals surface area contributed by atoms with E-state index in [1.807, 2.05) is 23.1 Å². The molecule has 2 heterocycles. The van der Waals surface area contributed by atoms with Crippen LogP contribution in [0.4, 0.5) is 5.69 Å². The van der Waals surface area contributed by atoms with E-state index in [9.17, 15) is 4.79 Å². The van der Waals surface area contributed by atoms with E-state index in [1.54, 1.807) is 0 Å². The Morgan fingerprint density at radius 1 is 1.29 bits per heavy atom. The monoisotopic (exact) mass is 431 g/mol.